The molecule has 1 aliphatic rings. The Morgan fingerprint density at radius 1 is 1.33 bits per heavy atom. The fourth-order valence-corrected chi connectivity index (χ4v) is 3.35. The summed E-state index contributed by atoms with van der Waals surface area (Å²) in [5, 5.41) is 2.94. The Morgan fingerprint density at radius 2 is 2.00 bits per heavy atom. The van der Waals surface area contributed by atoms with Crippen LogP contribution < -0.4 is 11.1 Å². The molecular formula is C17H24ClF3N2O. The molecule has 0 heterocycles. The zero-order valence-corrected chi connectivity index (χ0v) is 14.4. The van der Waals surface area contributed by atoms with Gasteiger partial charge in [0.05, 0.1) is 5.56 Å². The Hall–Kier alpha value is -1.27. The fraction of sp³-hybridized carbons (Fsp3) is 0.588. The van der Waals surface area contributed by atoms with Gasteiger partial charge in [0.2, 0.25) is 5.91 Å². The standard InChI is InChI=1S/C17H23F3N2O.ClH/c1-11(13-6-2-3-7-14(13)17(18,19)20)9-16(23)22-15-8-4-5-12(15)10-21;/h2-3,6-7,11-12,15H,4-5,8-10,21H2,1H3,(H,22,23);1H. The number of alkyl halides is 3. The van der Waals surface area contributed by atoms with Gasteiger partial charge in [-0.3, -0.25) is 4.79 Å². The van der Waals surface area contributed by atoms with Crippen LogP contribution in [0.4, 0.5) is 13.2 Å². The number of nitrogens with two attached hydrogens (primary N) is 1. The summed E-state index contributed by atoms with van der Waals surface area (Å²) >= 11 is 0. The van der Waals surface area contributed by atoms with Crippen LogP contribution in [0.2, 0.25) is 0 Å². The van der Waals surface area contributed by atoms with E-state index in [0.717, 1.165) is 25.3 Å². The highest BCUT2D eigenvalue weighted by Crippen LogP contribution is 2.36. The van der Waals surface area contributed by atoms with Gasteiger partial charge in [0.25, 0.3) is 0 Å². The van der Waals surface area contributed by atoms with E-state index in [1.54, 1.807) is 13.0 Å². The van der Waals surface area contributed by atoms with Gasteiger partial charge >= 0.3 is 6.18 Å². The summed E-state index contributed by atoms with van der Waals surface area (Å²) in [6.45, 7) is 2.18. The molecule has 0 radical (unpaired) electrons. The molecule has 0 bridgehead atoms. The topological polar surface area (TPSA) is 55.1 Å². The van der Waals surface area contributed by atoms with Crippen molar-refractivity contribution in [3.63, 3.8) is 0 Å². The van der Waals surface area contributed by atoms with Crippen molar-refractivity contribution in [2.75, 3.05) is 6.54 Å². The van der Waals surface area contributed by atoms with Crippen LogP contribution in [0.3, 0.4) is 0 Å². The van der Waals surface area contributed by atoms with Crippen molar-refractivity contribution in [1.29, 1.82) is 0 Å². The lowest BCUT2D eigenvalue weighted by Gasteiger charge is -2.22. The molecule has 24 heavy (non-hydrogen) atoms. The molecule has 0 spiro atoms. The summed E-state index contributed by atoms with van der Waals surface area (Å²) < 4.78 is 39.2. The van der Waals surface area contributed by atoms with Crippen molar-refractivity contribution in [1.82, 2.24) is 5.32 Å². The first kappa shape index (κ1) is 20.8. The minimum absolute atomic E-state index is 0. The van der Waals surface area contributed by atoms with Crippen molar-refractivity contribution < 1.29 is 18.0 Å². The van der Waals surface area contributed by atoms with Gasteiger partial charge in [-0.15, -0.1) is 12.4 Å². The number of halogens is 4. The molecule has 1 aliphatic carbocycles. The molecule has 2 rings (SSSR count). The molecule has 0 aliphatic heterocycles. The molecule has 3 N–H and O–H groups in total. The van der Waals surface area contributed by atoms with Gasteiger partial charge in [-0.05, 0) is 42.9 Å². The molecule has 136 valence electrons. The third-order valence-corrected chi connectivity index (χ3v) is 4.60. The summed E-state index contributed by atoms with van der Waals surface area (Å²) in [6.07, 6.45) is -1.45. The highest BCUT2D eigenvalue weighted by molar-refractivity contribution is 5.85. The van der Waals surface area contributed by atoms with E-state index in [2.05, 4.69) is 5.32 Å². The minimum atomic E-state index is -4.41. The summed E-state index contributed by atoms with van der Waals surface area (Å²) in [5.74, 6) is -0.429. The predicted octanol–water partition coefficient (Wildman–Crippen LogP) is 3.86. The lowest BCUT2D eigenvalue weighted by atomic mass is 9.92. The van der Waals surface area contributed by atoms with Gasteiger partial charge in [-0.1, -0.05) is 31.5 Å². The highest BCUT2D eigenvalue weighted by Gasteiger charge is 2.34. The first-order valence-electron chi connectivity index (χ1n) is 7.98. The maximum Gasteiger partial charge on any atom is 0.416 e. The average Bonchev–Trinajstić information content (AvgIpc) is 2.93. The Labute approximate surface area is 146 Å². The Balaban J connectivity index is 0.00000288. The molecule has 3 unspecified atom stereocenters. The number of nitrogens with one attached hydrogen (secondary N) is 1. The van der Waals surface area contributed by atoms with Crippen molar-refractivity contribution in [3.8, 4) is 0 Å². The predicted molar refractivity (Wildman–Crippen MR) is 90.1 cm³/mol. The maximum absolute atomic E-state index is 13.1. The SMILES string of the molecule is CC(CC(=O)NC1CCCC1CN)c1ccccc1C(F)(F)F.Cl. The van der Waals surface area contributed by atoms with E-state index in [4.69, 9.17) is 5.73 Å². The van der Waals surface area contributed by atoms with E-state index >= 15 is 0 Å². The monoisotopic (exact) mass is 364 g/mol. The number of carbonyl (C=O) groups excluding carboxylic acids is 1. The van der Waals surface area contributed by atoms with Crippen LogP contribution in [0.15, 0.2) is 24.3 Å². The fourth-order valence-electron chi connectivity index (χ4n) is 3.35. The van der Waals surface area contributed by atoms with Crippen LogP contribution in [-0.4, -0.2) is 18.5 Å². The van der Waals surface area contributed by atoms with E-state index in [1.807, 2.05) is 0 Å². The second-order valence-corrected chi connectivity index (χ2v) is 6.29. The molecule has 7 heteroatoms. The van der Waals surface area contributed by atoms with Crippen LogP contribution in [0.5, 0.6) is 0 Å². The second-order valence-electron chi connectivity index (χ2n) is 6.29. The van der Waals surface area contributed by atoms with Gasteiger partial charge < -0.3 is 11.1 Å². The normalized spacial score (nSPS) is 21.9. The minimum Gasteiger partial charge on any atom is -0.353 e. The highest BCUT2D eigenvalue weighted by atomic mass is 35.5. The van der Waals surface area contributed by atoms with Crippen LogP contribution >= 0.6 is 12.4 Å². The van der Waals surface area contributed by atoms with Gasteiger partial charge in [-0.25, -0.2) is 0 Å². The summed E-state index contributed by atoms with van der Waals surface area (Å²) in [6, 6.07) is 5.49. The molecule has 1 aromatic rings. The van der Waals surface area contributed by atoms with Crippen LogP contribution in [0, 0.1) is 5.92 Å². The van der Waals surface area contributed by atoms with E-state index in [0.29, 0.717) is 6.54 Å². The number of carbonyl (C=O) groups is 1. The molecule has 1 fully saturated rings. The van der Waals surface area contributed by atoms with E-state index < -0.39 is 17.7 Å². The van der Waals surface area contributed by atoms with E-state index in [9.17, 15) is 18.0 Å². The summed E-state index contributed by atoms with van der Waals surface area (Å²) in [5.41, 5.74) is 5.18. The number of hydrogen-bond donors (Lipinski definition) is 2. The zero-order chi connectivity index (χ0) is 17.0. The third kappa shape index (κ3) is 5.11. The Bertz CT molecular complexity index is 551. The average molecular weight is 365 g/mol. The van der Waals surface area contributed by atoms with Crippen molar-refractivity contribution in [3.05, 3.63) is 35.4 Å². The van der Waals surface area contributed by atoms with Gasteiger partial charge in [0.15, 0.2) is 0 Å². The Kier molecular flexibility index (Phi) is 7.55. The molecule has 0 saturated heterocycles. The van der Waals surface area contributed by atoms with Crippen molar-refractivity contribution in [2.45, 2.75) is 50.7 Å². The molecule has 0 aromatic heterocycles. The number of benzene rings is 1. The van der Waals surface area contributed by atoms with Crippen LogP contribution in [0.25, 0.3) is 0 Å². The smallest absolute Gasteiger partial charge is 0.353 e. The van der Waals surface area contributed by atoms with Crippen molar-refractivity contribution >= 4 is 18.3 Å². The van der Waals surface area contributed by atoms with Crippen molar-refractivity contribution in [2.24, 2.45) is 11.7 Å². The quantitative estimate of drug-likeness (QED) is 0.833. The lowest BCUT2D eigenvalue weighted by molar-refractivity contribution is -0.138. The first-order valence-corrected chi connectivity index (χ1v) is 7.98. The maximum atomic E-state index is 13.1. The number of rotatable bonds is 5. The number of hydrogen-bond acceptors (Lipinski definition) is 2. The van der Waals surface area contributed by atoms with Gasteiger partial charge in [-0.2, -0.15) is 13.2 Å². The molecule has 1 saturated carbocycles. The largest absolute Gasteiger partial charge is 0.416 e. The number of amides is 1. The molecule has 3 atom stereocenters. The summed E-state index contributed by atoms with van der Waals surface area (Å²) in [4.78, 5) is 12.2. The van der Waals surface area contributed by atoms with E-state index in [-0.39, 0.29) is 42.3 Å². The van der Waals surface area contributed by atoms with Crippen LogP contribution in [0.1, 0.15) is 49.7 Å². The van der Waals surface area contributed by atoms with Gasteiger partial charge in [0.1, 0.15) is 0 Å². The molecule has 1 aromatic carbocycles. The third-order valence-electron chi connectivity index (χ3n) is 4.60. The molecule has 1 amide bonds. The van der Waals surface area contributed by atoms with Crippen LogP contribution in [-0.2, 0) is 11.0 Å². The molecular weight excluding hydrogens is 341 g/mol. The second kappa shape index (κ2) is 8.72. The van der Waals surface area contributed by atoms with E-state index in [1.165, 1.54) is 12.1 Å². The zero-order valence-electron chi connectivity index (χ0n) is 13.6. The Morgan fingerprint density at radius 3 is 2.62 bits per heavy atom. The summed E-state index contributed by atoms with van der Waals surface area (Å²) in [7, 11) is 0. The van der Waals surface area contributed by atoms with Gasteiger partial charge in [0, 0.05) is 12.5 Å². The molecule has 3 nitrogen and oxygen atoms in total. The first-order chi connectivity index (χ1) is 10.8. The lowest BCUT2D eigenvalue weighted by Crippen LogP contribution is -2.40.